The first-order valence-corrected chi connectivity index (χ1v) is 4.65. The van der Waals surface area contributed by atoms with Crippen LogP contribution in [0.2, 0.25) is 0 Å². The van der Waals surface area contributed by atoms with Gasteiger partial charge in [-0.15, -0.1) is 0 Å². The second-order valence-corrected chi connectivity index (χ2v) is 3.26. The van der Waals surface area contributed by atoms with E-state index in [1.807, 2.05) is 12.1 Å². The van der Waals surface area contributed by atoms with Crippen LogP contribution in [-0.4, -0.2) is 15.2 Å². The zero-order valence-corrected chi connectivity index (χ0v) is 8.09. The van der Waals surface area contributed by atoms with Gasteiger partial charge in [0, 0.05) is 11.8 Å². The molecule has 3 heteroatoms. The van der Waals surface area contributed by atoms with Crippen molar-refractivity contribution in [2.45, 2.75) is 6.61 Å². The van der Waals surface area contributed by atoms with E-state index in [0.717, 1.165) is 16.8 Å². The molecule has 0 bridgehead atoms. The number of hydrogen-bond donors (Lipinski definition) is 2. The monoisotopic (exact) mass is 201 g/mol. The topological polar surface area (TPSA) is 53.4 Å². The molecule has 1 heterocycles. The molecule has 0 atom stereocenters. The van der Waals surface area contributed by atoms with E-state index in [9.17, 15) is 0 Å². The third-order valence-corrected chi connectivity index (χ3v) is 2.17. The third-order valence-electron chi connectivity index (χ3n) is 2.17. The molecule has 2 aromatic rings. The molecule has 3 nitrogen and oxygen atoms in total. The molecule has 0 fully saturated rings. The van der Waals surface area contributed by atoms with Crippen LogP contribution in [0.1, 0.15) is 5.56 Å². The molecule has 0 unspecified atom stereocenters. The Labute approximate surface area is 87.7 Å². The number of nitrogens with zero attached hydrogens (tertiary/aromatic N) is 1. The molecule has 1 aromatic carbocycles. The van der Waals surface area contributed by atoms with Gasteiger partial charge in [0.1, 0.15) is 5.75 Å². The van der Waals surface area contributed by atoms with Crippen molar-refractivity contribution < 1.29 is 10.2 Å². The zero-order chi connectivity index (χ0) is 10.7. The Hall–Kier alpha value is -1.87. The minimum atomic E-state index is 0.00284. The molecular formula is C12H11NO2. The van der Waals surface area contributed by atoms with Crippen LogP contribution in [0.25, 0.3) is 11.3 Å². The maximum atomic E-state index is 9.13. The van der Waals surface area contributed by atoms with E-state index in [0.29, 0.717) is 0 Å². The van der Waals surface area contributed by atoms with Crippen LogP contribution in [0.15, 0.2) is 42.6 Å². The summed E-state index contributed by atoms with van der Waals surface area (Å²) in [4.78, 5) is 4.21. The first-order chi connectivity index (χ1) is 7.29. The summed E-state index contributed by atoms with van der Waals surface area (Å²) in [5.74, 6) is 0.241. The number of phenols is 1. The fraction of sp³-hybridized carbons (Fsp3) is 0.0833. The fourth-order valence-corrected chi connectivity index (χ4v) is 1.32. The van der Waals surface area contributed by atoms with Crippen molar-refractivity contribution in [2.75, 3.05) is 0 Å². The minimum absolute atomic E-state index is 0.00284. The van der Waals surface area contributed by atoms with Gasteiger partial charge in [0.15, 0.2) is 0 Å². The van der Waals surface area contributed by atoms with Crippen molar-refractivity contribution in [1.29, 1.82) is 0 Å². The average Bonchev–Trinajstić information content (AvgIpc) is 2.30. The number of phenolic OH excluding ortho intramolecular Hbond substituents is 1. The fourth-order valence-electron chi connectivity index (χ4n) is 1.32. The van der Waals surface area contributed by atoms with E-state index >= 15 is 0 Å². The van der Waals surface area contributed by atoms with E-state index in [-0.39, 0.29) is 12.4 Å². The summed E-state index contributed by atoms with van der Waals surface area (Å²) in [7, 11) is 0. The molecule has 2 N–H and O–H groups in total. The van der Waals surface area contributed by atoms with Gasteiger partial charge in [0.2, 0.25) is 0 Å². The van der Waals surface area contributed by atoms with Crippen LogP contribution in [-0.2, 0) is 6.61 Å². The van der Waals surface area contributed by atoms with Gasteiger partial charge in [-0.2, -0.15) is 0 Å². The predicted octanol–water partition coefficient (Wildman–Crippen LogP) is 1.95. The van der Waals surface area contributed by atoms with Crippen LogP contribution >= 0.6 is 0 Å². The molecule has 0 amide bonds. The number of aromatic hydroxyl groups is 1. The van der Waals surface area contributed by atoms with E-state index in [1.165, 1.54) is 0 Å². The van der Waals surface area contributed by atoms with Crippen molar-refractivity contribution in [2.24, 2.45) is 0 Å². The number of benzene rings is 1. The molecule has 76 valence electrons. The molecule has 0 radical (unpaired) electrons. The Kier molecular flexibility index (Phi) is 2.65. The van der Waals surface area contributed by atoms with Gasteiger partial charge in [-0.1, -0.05) is 6.07 Å². The van der Waals surface area contributed by atoms with Gasteiger partial charge in [-0.05, 0) is 35.9 Å². The summed E-state index contributed by atoms with van der Waals surface area (Å²) >= 11 is 0. The van der Waals surface area contributed by atoms with Crippen LogP contribution in [0.5, 0.6) is 5.75 Å². The molecule has 0 saturated heterocycles. The molecule has 2 rings (SSSR count). The van der Waals surface area contributed by atoms with Crippen LogP contribution in [0.4, 0.5) is 0 Å². The Morgan fingerprint density at radius 2 is 1.73 bits per heavy atom. The molecule has 0 aliphatic carbocycles. The average molecular weight is 201 g/mol. The van der Waals surface area contributed by atoms with Crippen molar-refractivity contribution in [3.63, 3.8) is 0 Å². The summed E-state index contributed by atoms with van der Waals surface area (Å²) in [6.07, 6.45) is 1.64. The van der Waals surface area contributed by atoms with Crippen LogP contribution < -0.4 is 0 Å². The van der Waals surface area contributed by atoms with Gasteiger partial charge in [-0.3, -0.25) is 4.98 Å². The van der Waals surface area contributed by atoms with Gasteiger partial charge in [0.25, 0.3) is 0 Å². The number of aromatic nitrogens is 1. The highest BCUT2D eigenvalue weighted by atomic mass is 16.3. The van der Waals surface area contributed by atoms with Crippen LogP contribution in [0, 0.1) is 0 Å². The normalized spacial score (nSPS) is 10.2. The third kappa shape index (κ3) is 2.14. The van der Waals surface area contributed by atoms with E-state index in [1.54, 1.807) is 30.5 Å². The summed E-state index contributed by atoms with van der Waals surface area (Å²) < 4.78 is 0. The molecule has 0 aliphatic heterocycles. The smallest absolute Gasteiger partial charge is 0.115 e. The van der Waals surface area contributed by atoms with Gasteiger partial charge in [-0.25, -0.2) is 0 Å². The number of aliphatic hydroxyl groups excluding tert-OH is 1. The van der Waals surface area contributed by atoms with Crippen molar-refractivity contribution >= 4 is 0 Å². The largest absolute Gasteiger partial charge is 0.508 e. The highest BCUT2D eigenvalue weighted by molar-refractivity contribution is 5.59. The molecule has 0 spiro atoms. The molecule has 0 saturated carbocycles. The highest BCUT2D eigenvalue weighted by Gasteiger charge is 1.99. The van der Waals surface area contributed by atoms with Gasteiger partial charge < -0.3 is 10.2 Å². The summed E-state index contributed by atoms with van der Waals surface area (Å²) in [6, 6.07) is 10.5. The maximum absolute atomic E-state index is 9.13. The SMILES string of the molecule is OCc1ccc(-c2ccc(O)cc2)nc1. The summed E-state index contributed by atoms with van der Waals surface area (Å²) in [5, 5.41) is 18.0. The van der Waals surface area contributed by atoms with Gasteiger partial charge >= 0.3 is 0 Å². The predicted molar refractivity (Wildman–Crippen MR) is 57.3 cm³/mol. The standard InChI is InChI=1S/C12H11NO2/c14-8-9-1-6-12(13-7-9)10-2-4-11(15)5-3-10/h1-7,14-15H,8H2. The lowest BCUT2D eigenvalue weighted by Crippen LogP contribution is -1.87. The molecule has 1 aromatic heterocycles. The Bertz CT molecular complexity index is 434. The van der Waals surface area contributed by atoms with Crippen molar-refractivity contribution in [3.05, 3.63) is 48.2 Å². The summed E-state index contributed by atoms with van der Waals surface area (Å²) in [5.41, 5.74) is 2.56. The summed E-state index contributed by atoms with van der Waals surface area (Å²) in [6.45, 7) is 0.00284. The lowest BCUT2D eigenvalue weighted by atomic mass is 10.1. The lowest BCUT2D eigenvalue weighted by molar-refractivity contribution is 0.281. The lowest BCUT2D eigenvalue weighted by Gasteiger charge is -2.01. The maximum Gasteiger partial charge on any atom is 0.115 e. The Balaban J connectivity index is 2.33. The molecule has 15 heavy (non-hydrogen) atoms. The zero-order valence-electron chi connectivity index (χ0n) is 8.09. The second-order valence-electron chi connectivity index (χ2n) is 3.26. The number of pyridine rings is 1. The first-order valence-electron chi connectivity index (χ1n) is 4.65. The van der Waals surface area contributed by atoms with Gasteiger partial charge in [0.05, 0.1) is 12.3 Å². The number of rotatable bonds is 2. The van der Waals surface area contributed by atoms with E-state index < -0.39 is 0 Å². The Morgan fingerprint density at radius 1 is 1.00 bits per heavy atom. The highest BCUT2D eigenvalue weighted by Crippen LogP contribution is 2.19. The molecule has 0 aliphatic rings. The van der Waals surface area contributed by atoms with E-state index in [4.69, 9.17) is 10.2 Å². The quantitative estimate of drug-likeness (QED) is 0.780. The number of hydrogen-bond acceptors (Lipinski definition) is 3. The molecular weight excluding hydrogens is 190 g/mol. The second kappa shape index (κ2) is 4.11. The van der Waals surface area contributed by atoms with Crippen molar-refractivity contribution in [3.8, 4) is 17.0 Å². The van der Waals surface area contributed by atoms with Crippen LogP contribution in [0.3, 0.4) is 0 Å². The van der Waals surface area contributed by atoms with E-state index in [2.05, 4.69) is 4.98 Å². The minimum Gasteiger partial charge on any atom is -0.508 e. The first kappa shape index (κ1) is 9.68. The Morgan fingerprint density at radius 3 is 2.27 bits per heavy atom. The number of aliphatic hydroxyl groups is 1. The van der Waals surface area contributed by atoms with Crippen molar-refractivity contribution in [1.82, 2.24) is 4.98 Å².